The first-order chi connectivity index (χ1) is 10.3. The van der Waals surface area contributed by atoms with Gasteiger partial charge in [0.05, 0.1) is 12.1 Å². The van der Waals surface area contributed by atoms with E-state index in [1.54, 1.807) is 0 Å². The van der Waals surface area contributed by atoms with Crippen molar-refractivity contribution in [3.05, 3.63) is 71.8 Å². The largest absolute Gasteiger partial charge is 0.378 e. The Morgan fingerprint density at radius 3 is 1.86 bits per heavy atom. The Bertz CT molecular complexity index is 575. The molecule has 1 heterocycles. The van der Waals surface area contributed by atoms with Gasteiger partial charge in [-0.2, -0.15) is 5.26 Å². The molecule has 3 rings (SSSR count). The van der Waals surface area contributed by atoms with E-state index in [4.69, 9.17) is 5.26 Å². The van der Waals surface area contributed by atoms with Gasteiger partial charge in [0.2, 0.25) is 0 Å². The molecule has 0 spiro atoms. The zero-order valence-corrected chi connectivity index (χ0v) is 11.8. The van der Waals surface area contributed by atoms with Crippen LogP contribution in [0.3, 0.4) is 0 Å². The summed E-state index contributed by atoms with van der Waals surface area (Å²) in [4.78, 5) is 2.32. The Morgan fingerprint density at radius 1 is 0.952 bits per heavy atom. The number of rotatable bonds is 4. The Kier molecular flexibility index (Phi) is 4.01. The zero-order valence-electron chi connectivity index (χ0n) is 11.8. The third kappa shape index (κ3) is 2.82. The maximum Gasteiger partial charge on any atom is 0.145 e. The van der Waals surface area contributed by atoms with Crippen molar-refractivity contribution in [1.82, 2.24) is 4.90 Å². The molecule has 0 amide bonds. The van der Waals surface area contributed by atoms with E-state index in [0.29, 0.717) is 0 Å². The molecule has 21 heavy (non-hydrogen) atoms. The topological polar surface area (TPSA) is 47.3 Å². The molecule has 0 bridgehead atoms. The maximum atomic E-state index is 9.63. The predicted octanol–water partition coefficient (Wildman–Crippen LogP) is 2.59. The average molecular weight is 278 g/mol. The summed E-state index contributed by atoms with van der Waals surface area (Å²) in [6, 6.07) is 22.9. The molecule has 1 aliphatic heterocycles. The van der Waals surface area contributed by atoms with Crippen LogP contribution in [0, 0.1) is 17.2 Å². The smallest absolute Gasteiger partial charge is 0.145 e. The standard InChI is InChI=1S/C18H18N2O/c19-11-17(21)16-12-20(13-16)18(14-7-3-1-4-8-14)15-9-5-2-6-10-15/h1-10,16-18,21H,12-13H2. The van der Waals surface area contributed by atoms with Crippen LogP contribution in [0.4, 0.5) is 0 Å². The number of aliphatic hydroxyl groups excluding tert-OH is 1. The first-order valence-electron chi connectivity index (χ1n) is 7.21. The first-order valence-corrected chi connectivity index (χ1v) is 7.21. The molecule has 0 aliphatic carbocycles. The van der Waals surface area contributed by atoms with Crippen molar-refractivity contribution in [3.63, 3.8) is 0 Å². The van der Waals surface area contributed by atoms with Crippen LogP contribution >= 0.6 is 0 Å². The first kappa shape index (κ1) is 13.8. The molecule has 1 saturated heterocycles. The van der Waals surface area contributed by atoms with Gasteiger partial charge in [0.1, 0.15) is 6.10 Å². The Balaban J connectivity index is 1.84. The van der Waals surface area contributed by atoms with Crippen LogP contribution in [0.25, 0.3) is 0 Å². The highest BCUT2D eigenvalue weighted by Gasteiger charge is 2.37. The van der Waals surface area contributed by atoms with E-state index in [0.717, 1.165) is 13.1 Å². The Hall–Kier alpha value is -2.15. The lowest BCUT2D eigenvalue weighted by Gasteiger charge is -2.45. The molecule has 106 valence electrons. The summed E-state index contributed by atoms with van der Waals surface area (Å²) < 4.78 is 0. The summed E-state index contributed by atoms with van der Waals surface area (Å²) in [5.74, 6) is 0.0601. The van der Waals surface area contributed by atoms with Gasteiger partial charge in [-0.1, -0.05) is 60.7 Å². The monoisotopic (exact) mass is 278 g/mol. The molecule has 3 heteroatoms. The second-order valence-corrected chi connectivity index (χ2v) is 5.51. The van der Waals surface area contributed by atoms with Crippen LogP contribution in [0.1, 0.15) is 17.2 Å². The lowest BCUT2D eigenvalue weighted by atomic mass is 9.88. The third-order valence-electron chi connectivity index (χ3n) is 4.11. The molecule has 1 atom stereocenters. The van der Waals surface area contributed by atoms with Gasteiger partial charge in [0, 0.05) is 19.0 Å². The highest BCUT2D eigenvalue weighted by atomic mass is 16.3. The van der Waals surface area contributed by atoms with Crippen molar-refractivity contribution < 1.29 is 5.11 Å². The van der Waals surface area contributed by atoms with Gasteiger partial charge < -0.3 is 5.11 Å². The normalized spacial score (nSPS) is 17.2. The summed E-state index contributed by atoms with van der Waals surface area (Å²) in [6.07, 6.45) is -0.853. The van der Waals surface area contributed by atoms with E-state index < -0.39 is 6.10 Å². The van der Waals surface area contributed by atoms with E-state index in [1.165, 1.54) is 11.1 Å². The molecule has 1 aliphatic rings. The van der Waals surface area contributed by atoms with Crippen molar-refractivity contribution in [2.45, 2.75) is 12.1 Å². The SMILES string of the molecule is N#CC(O)C1CN(C(c2ccccc2)c2ccccc2)C1. The number of likely N-dealkylation sites (tertiary alicyclic amines) is 1. The van der Waals surface area contributed by atoms with Crippen molar-refractivity contribution >= 4 is 0 Å². The Labute approximate surface area is 125 Å². The molecule has 0 saturated carbocycles. The fourth-order valence-electron chi connectivity index (χ4n) is 2.95. The summed E-state index contributed by atoms with van der Waals surface area (Å²) in [6.45, 7) is 1.51. The van der Waals surface area contributed by atoms with Crippen molar-refractivity contribution in [2.75, 3.05) is 13.1 Å². The van der Waals surface area contributed by atoms with Crippen LogP contribution in [-0.4, -0.2) is 29.2 Å². The minimum Gasteiger partial charge on any atom is -0.378 e. The highest BCUT2D eigenvalue weighted by molar-refractivity contribution is 5.32. The summed E-state index contributed by atoms with van der Waals surface area (Å²) in [5, 5.41) is 18.4. The van der Waals surface area contributed by atoms with E-state index >= 15 is 0 Å². The van der Waals surface area contributed by atoms with Crippen LogP contribution in [0.5, 0.6) is 0 Å². The van der Waals surface area contributed by atoms with Gasteiger partial charge in [-0.05, 0) is 11.1 Å². The van der Waals surface area contributed by atoms with Gasteiger partial charge in [0.15, 0.2) is 0 Å². The minimum atomic E-state index is -0.853. The number of hydrogen-bond donors (Lipinski definition) is 1. The van der Waals surface area contributed by atoms with E-state index in [-0.39, 0.29) is 12.0 Å². The van der Waals surface area contributed by atoms with Gasteiger partial charge >= 0.3 is 0 Å². The van der Waals surface area contributed by atoms with Gasteiger partial charge in [-0.15, -0.1) is 0 Å². The van der Waals surface area contributed by atoms with Crippen LogP contribution in [0.2, 0.25) is 0 Å². The molecule has 0 radical (unpaired) electrons. The quantitative estimate of drug-likeness (QED) is 0.874. The molecule has 0 aromatic heterocycles. The zero-order chi connectivity index (χ0) is 14.7. The third-order valence-corrected chi connectivity index (χ3v) is 4.11. The van der Waals surface area contributed by atoms with Crippen molar-refractivity contribution in [2.24, 2.45) is 5.92 Å². The van der Waals surface area contributed by atoms with Gasteiger partial charge in [-0.25, -0.2) is 0 Å². The van der Waals surface area contributed by atoms with E-state index in [1.807, 2.05) is 42.5 Å². The second kappa shape index (κ2) is 6.09. The molecule has 1 fully saturated rings. The van der Waals surface area contributed by atoms with E-state index in [2.05, 4.69) is 29.2 Å². The maximum absolute atomic E-state index is 9.63. The van der Waals surface area contributed by atoms with Gasteiger partial charge in [-0.3, -0.25) is 4.90 Å². The van der Waals surface area contributed by atoms with Crippen LogP contribution < -0.4 is 0 Å². The lowest BCUT2D eigenvalue weighted by Crippen LogP contribution is -2.53. The lowest BCUT2D eigenvalue weighted by molar-refractivity contribution is 0.00416. The number of aliphatic hydroxyl groups is 1. The summed E-state index contributed by atoms with van der Waals surface area (Å²) in [7, 11) is 0. The number of hydrogen-bond acceptors (Lipinski definition) is 3. The van der Waals surface area contributed by atoms with Crippen LogP contribution in [-0.2, 0) is 0 Å². The molecule has 2 aromatic rings. The molecular formula is C18H18N2O. The van der Waals surface area contributed by atoms with Crippen molar-refractivity contribution in [1.29, 1.82) is 5.26 Å². The average Bonchev–Trinajstić information content (AvgIpc) is 2.51. The molecular weight excluding hydrogens is 260 g/mol. The molecule has 1 unspecified atom stereocenters. The summed E-state index contributed by atoms with van der Waals surface area (Å²) >= 11 is 0. The number of benzene rings is 2. The number of nitrogens with zero attached hydrogens (tertiary/aromatic N) is 2. The fourth-order valence-corrected chi connectivity index (χ4v) is 2.95. The highest BCUT2D eigenvalue weighted by Crippen LogP contribution is 2.35. The molecule has 3 nitrogen and oxygen atoms in total. The fraction of sp³-hybridized carbons (Fsp3) is 0.278. The predicted molar refractivity (Wildman–Crippen MR) is 81.4 cm³/mol. The number of nitriles is 1. The second-order valence-electron chi connectivity index (χ2n) is 5.51. The van der Waals surface area contributed by atoms with Gasteiger partial charge in [0.25, 0.3) is 0 Å². The minimum absolute atomic E-state index is 0.0601. The van der Waals surface area contributed by atoms with Crippen molar-refractivity contribution in [3.8, 4) is 6.07 Å². The van der Waals surface area contributed by atoms with E-state index in [9.17, 15) is 5.11 Å². The summed E-state index contributed by atoms with van der Waals surface area (Å²) in [5.41, 5.74) is 2.49. The molecule has 2 aromatic carbocycles. The van der Waals surface area contributed by atoms with Crippen LogP contribution in [0.15, 0.2) is 60.7 Å². The molecule has 1 N–H and O–H groups in total. The Morgan fingerprint density at radius 2 is 1.43 bits per heavy atom.